The van der Waals surface area contributed by atoms with Gasteiger partial charge in [0.15, 0.2) is 5.96 Å². The molecule has 1 aromatic rings. The zero-order chi connectivity index (χ0) is 17.4. The zero-order valence-corrected chi connectivity index (χ0v) is 18.5. The lowest BCUT2D eigenvalue weighted by Crippen LogP contribution is -2.42. The zero-order valence-electron chi connectivity index (χ0n) is 14.6. The number of guanidine groups is 1. The maximum Gasteiger partial charge on any atom is 0.193 e. The number of halogens is 3. The average Bonchev–Trinajstić information content (AvgIpc) is 3.29. The number of aliphatic imine (C=N–C) groups is 1. The molecule has 0 radical (unpaired) electrons. The fourth-order valence-electron chi connectivity index (χ4n) is 4.37. The van der Waals surface area contributed by atoms with Gasteiger partial charge in [-0.05, 0) is 18.9 Å². The number of pyridine rings is 1. The number of fused-ring (bicyclic) bond motifs is 5. The van der Waals surface area contributed by atoms with E-state index in [1.807, 2.05) is 7.05 Å². The first kappa shape index (κ1) is 20.2. The van der Waals surface area contributed by atoms with E-state index in [-0.39, 0.29) is 24.0 Å². The molecular formula is C17H24Cl2IN5O. The monoisotopic (exact) mass is 511 g/mol. The van der Waals surface area contributed by atoms with E-state index >= 15 is 0 Å². The number of hydrogen-bond donors (Lipinski definition) is 2. The number of aromatic nitrogens is 1. The third-order valence-electron chi connectivity index (χ3n) is 5.47. The highest BCUT2D eigenvalue weighted by molar-refractivity contribution is 14.0. The Bertz CT molecular complexity index is 659. The number of ether oxygens (including phenoxy) is 1. The number of rotatable bonds is 4. The van der Waals surface area contributed by atoms with Gasteiger partial charge in [-0.3, -0.25) is 4.99 Å². The van der Waals surface area contributed by atoms with E-state index in [1.165, 1.54) is 12.8 Å². The van der Waals surface area contributed by atoms with Crippen LogP contribution in [0.25, 0.3) is 0 Å². The summed E-state index contributed by atoms with van der Waals surface area (Å²) in [6, 6.07) is 1.68. The summed E-state index contributed by atoms with van der Waals surface area (Å²) in [7, 11) is 1.84. The van der Waals surface area contributed by atoms with Gasteiger partial charge in [-0.2, -0.15) is 0 Å². The Labute approximate surface area is 181 Å². The molecule has 9 heteroatoms. The van der Waals surface area contributed by atoms with Crippen molar-refractivity contribution in [1.82, 2.24) is 15.2 Å². The first-order chi connectivity index (χ1) is 12.2. The second-order valence-corrected chi connectivity index (χ2v) is 7.75. The van der Waals surface area contributed by atoms with Crippen LogP contribution in [0.2, 0.25) is 10.0 Å². The first-order valence-corrected chi connectivity index (χ1v) is 9.57. The van der Waals surface area contributed by atoms with E-state index in [0.29, 0.717) is 46.5 Å². The van der Waals surface area contributed by atoms with Crippen molar-refractivity contribution in [1.29, 1.82) is 0 Å². The van der Waals surface area contributed by atoms with Crippen molar-refractivity contribution in [3.8, 4) is 0 Å². The molecule has 144 valence electrons. The molecule has 0 aliphatic carbocycles. The summed E-state index contributed by atoms with van der Waals surface area (Å²) in [5.74, 6) is 2.96. The number of anilines is 1. The Morgan fingerprint density at radius 2 is 1.96 bits per heavy atom. The van der Waals surface area contributed by atoms with Crippen LogP contribution in [0.4, 0.5) is 5.82 Å². The molecule has 2 bridgehead atoms. The minimum Gasteiger partial charge on any atom is -0.374 e. The van der Waals surface area contributed by atoms with Crippen LogP contribution in [0.3, 0.4) is 0 Å². The first-order valence-electron chi connectivity index (χ1n) is 8.81. The van der Waals surface area contributed by atoms with Gasteiger partial charge in [-0.25, -0.2) is 4.98 Å². The molecule has 0 spiro atoms. The van der Waals surface area contributed by atoms with Crippen LogP contribution in [-0.2, 0) is 4.74 Å². The Morgan fingerprint density at radius 1 is 1.27 bits per heavy atom. The predicted octanol–water partition coefficient (Wildman–Crippen LogP) is 3.10. The van der Waals surface area contributed by atoms with Gasteiger partial charge in [0.1, 0.15) is 5.82 Å². The highest BCUT2D eigenvalue weighted by Crippen LogP contribution is 2.47. The summed E-state index contributed by atoms with van der Waals surface area (Å²) in [5, 5.41) is 7.71. The van der Waals surface area contributed by atoms with Gasteiger partial charge < -0.3 is 20.3 Å². The topological polar surface area (TPSA) is 61.8 Å². The molecule has 2 N–H and O–H groups in total. The molecule has 3 aliphatic rings. The van der Waals surface area contributed by atoms with Crippen LogP contribution in [0.15, 0.2) is 17.3 Å². The summed E-state index contributed by atoms with van der Waals surface area (Å²) in [6.07, 6.45) is 4.98. The van der Waals surface area contributed by atoms with Crippen LogP contribution >= 0.6 is 47.2 Å². The molecule has 26 heavy (non-hydrogen) atoms. The standard InChI is InChI=1S/C17H23Cl2N5O.HI/c1-20-17(22-5-4-21-16-13(19)6-10(18)7-23-16)24-8-11-12(9-24)15-3-2-14(11)25-15;/h6-7,11-12,14-15H,2-5,8-9H2,1H3,(H,20,22)(H,21,23);1H. The van der Waals surface area contributed by atoms with Crippen molar-refractivity contribution in [2.24, 2.45) is 16.8 Å². The summed E-state index contributed by atoms with van der Waals surface area (Å²) >= 11 is 12.0. The average molecular weight is 512 g/mol. The second-order valence-electron chi connectivity index (χ2n) is 6.91. The fraction of sp³-hybridized carbons (Fsp3) is 0.647. The molecule has 3 saturated heterocycles. The number of nitrogens with one attached hydrogen (secondary N) is 2. The van der Waals surface area contributed by atoms with E-state index in [9.17, 15) is 0 Å². The molecule has 0 amide bonds. The van der Waals surface area contributed by atoms with Crippen molar-refractivity contribution in [3.05, 3.63) is 22.3 Å². The second kappa shape index (κ2) is 8.67. The third kappa shape index (κ3) is 4.00. The van der Waals surface area contributed by atoms with Crippen LogP contribution in [0.1, 0.15) is 12.8 Å². The molecule has 4 atom stereocenters. The number of likely N-dealkylation sites (tertiary alicyclic amines) is 1. The third-order valence-corrected chi connectivity index (χ3v) is 5.97. The van der Waals surface area contributed by atoms with Gasteiger partial charge in [-0.15, -0.1) is 24.0 Å². The lowest BCUT2D eigenvalue weighted by atomic mass is 9.82. The van der Waals surface area contributed by atoms with Gasteiger partial charge in [0.05, 0.1) is 22.3 Å². The van der Waals surface area contributed by atoms with E-state index in [4.69, 9.17) is 27.9 Å². The molecule has 1 aromatic heterocycles. The Hall–Kier alpha value is -0.510. The number of nitrogens with zero attached hydrogens (tertiary/aromatic N) is 3. The van der Waals surface area contributed by atoms with Gasteiger partial charge in [0, 0.05) is 51.3 Å². The largest absolute Gasteiger partial charge is 0.374 e. The summed E-state index contributed by atoms with van der Waals surface area (Å²) in [6.45, 7) is 3.53. The highest BCUT2D eigenvalue weighted by Gasteiger charge is 2.53. The van der Waals surface area contributed by atoms with E-state index in [2.05, 4.69) is 25.5 Å². The molecule has 3 aliphatic heterocycles. The van der Waals surface area contributed by atoms with Gasteiger partial charge in [0.25, 0.3) is 0 Å². The predicted molar refractivity (Wildman–Crippen MR) is 116 cm³/mol. The maximum absolute atomic E-state index is 6.12. The Balaban J connectivity index is 0.00000196. The van der Waals surface area contributed by atoms with Crippen LogP contribution in [-0.4, -0.2) is 61.3 Å². The SMILES string of the molecule is CN=C(NCCNc1ncc(Cl)cc1Cl)N1CC2C3CCC(O3)C2C1.I. The van der Waals surface area contributed by atoms with Crippen molar-refractivity contribution < 1.29 is 4.74 Å². The Kier molecular flexibility index (Phi) is 6.74. The minimum atomic E-state index is 0. The fourth-order valence-corrected chi connectivity index (χ4v) is 4.81. The highest BCUT2D eigenvalue weighted by atomic mass is 127. The van der Waals surface area contributed by atoms with E-state index < -0.39 is 0 Å². The van der Waals surface area contributed by atoms with E-state index in [1.54, 1.807) is 12.3 Å². The molecular weight excluding hydrogens is 488 g/mol. The van der Waals surface area contributed by atoms with E-state index in [0.717, 1.165) is 25.6 Å². The van der Waals surface area contributed by atoms with Crippen molar-refractivity contribution >= 4 is 59.0 Å². The van der Waals surface area contributed by atoms with Crippen molar-refractivity contribution in [2.45, 2.75) is 25.0 Å². The summed E-state index contributed by atoms with van der Waals surface area (Å²) < 4.78 is 6.04. The minimum absolute atomic E-state index is 0. The van der Waals surface area contributed by atoms with Crippen LogP contribution < -0.4 is 10.6 Å². The quantitative estimate of drug-likeness (QED) is 0.281. The lowest BCUT2D eigenvalue weighted by molar-refractivity contribution is 0.0767. The molecule has 6 nitrogen and oxygen atoms in total. The summed E-state index contributed by atoms with van der Waals surface area (Å²) in [4.78, 5) is 11.0. The van der Waals surface area contributed by atoms with Crippen molar-refractivity contribution in [2.75, 3.05) is 38.5 Å². The van der Waals surface area contributed by atoms with Gasteiger partial charge in [-0.1, -0.05) is 23.2 Å². The lowest BCUT2D eigenvalue weighted by Gasteiger charge is -2.23. The Morgan fingerprint density at radius 3 is 2.58 bits per heavy atom. The van der Waals surface area contributed by atoms with Gasteiger partial charge in [0.2, 0.25) is 0 Å². The maximum atomic E-state index is 6.12. The molecule has 3 fully saturated rings. The smallest absolute Gasteiger partial charge is 0.193 e. The molecule has 0 saturated carbocycles. The molecule has 4 unspecified atom stereocenters. The summed E-state index contributed by atoms with van der Waals surface area (Å²) in [5.41, 5.74) is 0. The molecule has 0 aromatic carbocycles. The molecule has 4 rings (SSSR count). The number of hydrogen-bond acceptors (Lipinski definition) is 4. The van der Waals surface area contributed by atoms with Gasteiger partial charge >= 0.3 is 0 Å². The normalized spacial score (nSPS) is 29.5. The molecule has 4 heterocycles. The van der Waals surface area contributed by atoms with Crippen molar-refractivity contribution in [3.63, 3.8) is 0 Å². The van der Waals surface area contributed by atoms with Crippen LogP contribution in [0.5, 0.6) is 0 Å². The van der Waals surface area contributed by atoms with Crippen LogP contribution in [0, 0.1) is 11.8 Å².